The first-order valence-corrected chi connectivity index (χ1v) is 5.79. The first-order chi connectivity index (χ1) is 7.52. The van der Waals surface area contributed by atoms with E-state index in [-0.39, 0.29) is 0 Å². The summed E-state index contributed by atoms with van der Waals surface area (Å²) in [6, 6.07) is 3.77. The number of nitrogens with zero attached hydrogens (tertiary/aromatic N) is 1. The van der Waals surface area contributed by atoms with Crippen molar-refractivity contribution in [1.29, 1.82) is 5.26 Å². The summed E-state index contributed by atoms with van der Waals surface area (Å²) in [5.74, 6) is 0.297. The summed E-state index contributed by atoms with van der Waals surface area (Å²) in [5, 5.41) is 11.9. The zero-order chi connectivity index (χ0) is 12.1. The molecule has 1 aromatic heterocycles. The molecule has 0 aliphatic rings. The molecular weight excluding hydrogens is 224 g/mol. The fraction of sp³-hybridized carbons (Fsp3) is 0.455. The normalized spacial score (nSPS) is 9.94. The van der Waals surface area contributed by atoms with Gasteiger partial charge in [0, 0.05) is 4.88 Å². The molecule has 0 unspecified atom stereocenters. The molecule has 86 valence electrons. The van der Waals surface area contributed by atoms with Gasteiger partial charge in [-0.1, -0.05) is 13.8 Å². The first-order valence-electron chi connectivity index (χ1n) is 4.97. The summed E-state index contributed by atoms with van der Waals surface area (Å²) in [7, 11) is 0. The molecule has 0 aliphatic carbocycles. The van der Waals surface area contributed by atoms with Crippen LogP contribution in [0.25, 0.3) is 0 Å². The molecule has 4 nitrogen and oxygen atoms in total. The lowest BCUT2D eigenvalue weighted by Crippen LogP contribution is -2.16. The molecule has 0 aliphatic heterocycles. The highest BCUT2D eigenvalue weighted by atomic mass is 32.1. The SMILES string of the molecule is Cc1cc(C#N)c(NC(=O)OCC(C)C)s1. The number of nitriles is 1. The maximum atomic E-state index is 11.4. The van der Waals surface area contributed by atoms with E-state index in [1.807, 2.05) is 26.8 Å². The average molecular weight is 238 g/mol. The highest BCUT2D eigenvalue weighted by molar-refractivity contribution is 7.16. The molecule has 0 radical (unpaired) electrons. The lowest BCUT2D eigenvalue weighted by molar-refractivity contribution is 0.147. The molecule has 0 saturated carbocycles. The van der Waals surface area contributed by atoms with E-state index in [1.54, 1.807) is 6.07 Å². The van der Waals surface area contributed by atoms with Crippen molar-refractivity contribution in [3.05, 3.63) is 16.5 Å². The Morgan fingerprint density at radius 1 is 1.69 bits per heavy atom. The fourth-order valence-electron chi connectivity index (χ4n) is 1.06. The van der Waals surface area contributed by atoms with Gasteiger partial charge in [-0.25, -0.2) is 4.79 Å². The van der Waals surface area contributed by atoms with E-state index in [0.29, 0.717) is 23.1 Å². The minimum atomic E-state index is -0.507. The number of anilines is 1. The highest BCUT2D eigenvalue weighted by Gasteiger charge is 2.11. The van der Waals surface area contributed by atoms with Gasteiger partial charge in [0.2, 0.25) is 0 Å². The van der Waals surface area contributed by atoms with Crippen LogP contribution in [0.3, 0.4) is 0 Å². The number of carbonyl (C=O) groups excluding carboxylic acids is 1. The summed E-state index contributed by atoms with van der Waals surface area (Å²) in [6.07, 6.45) is -0.507. The van der Waals surface area contributed by atoms with Crippen LogP contribution in [-0.2, 0) is 4.74 Å². The number of carbonyl (C=O) groups is 1. The molecule has 5 heteroatoms. The summed E-state index contributed by atoms with van der Waals surface area (Å²) in [4.78, 5) is 12.3. The molecule has 0 bridgehead atoms. The van der Waals surface area contributed by atoms with Crippen molar-refractivity contribution in [3.8, 4) is 6.07 Å². The molecule has 1 rings (SSSR count). The summed E-state index contributed by atoms with van der Waals surface area (Å²) < 4.78 is 4.96. The molecule has 0 aromatic carbocycles. The third kappa shape index (κ3) is 3.55. The van der Waals surface area contributed by atoms with Crippen molar-refractivity contribution in [1.82, 2.24) is 0 Å². The van der Waals surface area contributed by atoms with Gasteiger partial charge in [-0.2, -0.15) is 5.26 Å². The van der Waals surface area contributed by atoms with E-state index in [1.165, 1.54) is 11.3 Å². The van der Waals surface area contributed by atoms with Crippen molar-refractivity contribution < 1.29 is 9.53 Å². The predicted molar refractivity (Wildman–Crippen MR) is 63.6 cm³/mol. The predicted octanol–water partition coefficient (Wildman–Crippen LogP) is 3.13. The molecule has 16 heavy (non-hydrogen) atoms. The molecule has 1 amide bonds. The van der Waals surface area contributed by atoms with Gasteiger partial charge < -0.3 is 4.74 Å². The summed E-state index contributed by atoms with van der Waals surface area (Å²) in [6.45, 7) is 6.18. The van der Waals surface area contributed by atoms with Gasteiger partial charge >= 0.3 is 6.09 Å². The second-order valence-corrected chi connectivity index (χ2v) is 5.09. The van der Waals surface area contributed by atoms with E-state index in [2.05, 4.69) is 5.32 Å². The maximum Gasteiger partial charge on any atom is 0.412 e. The van der Waals surface area contributed by atoms with Crippen LogP contribution in [0.1, 0.15) is 24.3 Å². The minimum absolute atomic E-state index is 0.297. The van der Waals surface area contributed by atoms with Crippen molar-refractivity contribution in [2.45, 2.75) is 20.8 Å². The molecule has 0 fully saturated rings. The Morgan fingerprint density at radius 3 is 2.94 bits per heavy atom. The Hall–Kier alpha value is -1.54. The van der Waals surface area contributed by atoms with Crippen LogP contribution in [0.2, 0.25) is 0 Å². The van der Waals surface area contributed by atoms with Crippen LogP contribution in [-0.4, -0.2) is 12.7 Å². The van der Waals surface area contributed by atoms with Gasteiger partial charge in [-0.05, 0) is 18.9 Å². The van der Waals surface area contributed by atoms with Crippen molar-refractivity contribution in [2.75, 3.05) is 11.9 Å². The van der Waals surface area contributed by atoms with Crippen LogP contribution in [0.15, 0.2) is 6.07 Å². The number of hydrogen-bond acceptors (Lipinski definition) is 4. The lowest BCUT2D eigenvalue weighted by atomic mass is 10.2. The molecule has 0 atom stereocenters. The van der Waals surface area contributed by atoms with Gasteiger partial charge in [-0.15, -0.1) is 11.3 Å². The Bertz CT molecular complexity index is 418. The number of hydrogen-bond donors (Lipinski definition) is 1. The fourth-order valence-corrected chi connectivity index (χ4v) is 1.91. The van der Waals surface area contributed by atoms with Gasteiger partial charge in [0.15, 0.2) is 0 Å². The van der Waals surface area contributed by atoms with E-state index in [0.717, 1.165) is 4.88 Å². The Kier molecular flexibility index (Phi) is 4.32. The number of ether oxygens (including phenoxy) is 1. The number of nitrogens with one attached hydrogen (secondary N) is 1. The van der Waals surface area contributed by atoms with E-state index in [9.17, 15) is 4.79 Å². The maximum absolute atomic E-state index is 11.4. The smallest absolute Gasteiger partial charge is 0.412 e. The van der Waals surface area contributed by atoms with Gasteiger partial charge in [0.25, 0.3) is 0 Å². The van der Waals surface area contributed by atoms with Crippen LogP contribution in [0.4, 0.5) is 9.80 Å². The van der Waals surface area contributed by atoms with Crippen molar-refractivity contribution >= 4 is 22.4 Å². The molecule has 0 saturated heterocycles. The zero-order valence-corrected chi connectivity index (χ0v) is 10.4. The number of thiophene rings is 1. The minimum Gasteiger partial charge on any atom is -0.449 e. The average Bonchev–Trinajstić information content (AvgIpc) is 2.55. The second kappa shape index (κ2) is 5.52. The Balaban J connectivity index is 2.59. The van der Waals surface area contributed by atoms with Gasteiger partial charge in [0.05, 0.1) is 12.2 Å². The monoisotopic (exact) mass is 238 g/mol. The third-order valence-corrected chi connectivity index (χ3v) is 2.71. The number of amides is 1. The molecular formula is C11H14N2O2S. The van der Waals surface area contributed by atoms with Crippen LogP contribution < -0.4 is 5.32 Å². The van der Waals surface area contributed by atoms with Crippen LogP contribution in [0.5, 0.6) is 0 Å². The Morgan fingerprint density at radius 2 is 2.38 bits per heavy atom. The first kappa shape index (κ1) is 12.5. The standard InChI is InChI=1S/C11H14N2O2S/c1-7(2)6-15-11(14)13-10-9(5-12)4-8(3)16-10/h4,7H,6H2,1-3H3,(H,13,14). The van der Waals surface area contributed by atoms with E-state index < -0.39 is 6.09 Å². The van der Waals surface area contributed by atoms with E-state index >= 15 is 0 Å². The van der Waals surface area contributed by atoms with E-state index in [4.69, 9.17) is 10.00 Å². The lowest BCUT2D eigenvalue weighted by Gasteiger charge is -2.07. The third-order valence-electron chi connectivity index (χ3n) is 1.74. The van der Waals surface area contributed by atoms with Gasteiger partial charge in [-0.3, -0.25) is 5.32 Å². The van der Waals surface area contributed by atoms with Crippen molar-refractivity contribution in [2.24, 2.45) is 5.92 Å². The second-order valence-electron chi connectivity index (χ2n) is 3.83. The van der Waals surface area contributed by atoms with Crippen LogP contribution in [0, 0.1) is 24.2 Å². The zero-order valence-electron chi connectivity index (χ0n) is 9.53. The van der Waals surface area contributed by atoms with Crippen molar-refractivity contribution in [3.63, 3.8) is 0 Å². The summed E-state index contributed by atoms with van der Waals surface area (Å²) in [5.41, 5.74) is 0.476. The molecule has 1 N–H and O–H groups in total. The molecule has 1 aromatic rings. The highest BCUT2D eigenvalue weighted by Crippen LogP contribution is 2.26. The quantitative estimate of drug-likeness (QED) is 0.879. The van der Waals surface area contributed by atoms with Gasteiger partial charge in [0.1, 0.15) is 11.1 Å². The molecule has 1 heterocycles. The summed E-state index contributed by atoms with van der Waals surface area (Å²) >= 11 is 1.37. The van der Waals surface area contributed by atoms with Crippen LogP contribution >= 0.6 is 11.3 Å². The topological polar surface area (TPSA) is 62.1 Å². The molecule has 0 spiro atoms. The Labute approximate surface area is 98.8 Å². The number of aryl methyl sites for hydroxylation is 1. The number of rotatable bonds is 3. The largest absolute Gasteiger partial charge is 0.449 e.